The van der Waals surface area contributed by atoms with Crippen LogP contribution in [0.25, 0.3) is 28.1 Å². The van der Waals surface area contributed by atoms with Gasteiger partial charge >= 0.3 is 5.36 Å². The van der Waals surface area contributed by atoms with Crippen molar-refractivity contribution in [1.29, 1.82) is 0 Å². The standard InChI is InChI=1S/C41H46N10O8S2/c1-4-48(5-2)35-18-20-37-39(25-35)51(34-11-7-6-8-12-34)38-24-31(15-19-36(38)43-37)45-44-30-13-16-33(17-14-30)49(27-29(3)52)22-9-10-32-28-50(47-46-32)23-21-40(53)42-26-41(60(54,55)56)61(57,58)59/h6-8,11-20,24-25,28,41H,4-5,9-10,21-23,26-27H2,1-3H3,(H2-,42,53,54,55,56,57,58,59)/p+1. The number of rotatable bonds is 19. The maximum Gasteiger partial charge on any atom is 0.367 e. The number of nitrogens with zero attached hydrogens (tertiary/aromatic N) is 9. The first kappa shape index (κ1) is 44.2. The molecule has 0 saturated carbocycles. The zero-order chi connectivity index (χ0) is 43.7. The van der Waals surface area contributed by atoms with Crippen molar-refractivity contribution in [3.05, 3.63) is 108 Å². The number of aryl methyl sites for hydroxylation is 2. The monoisotopic (exact) mass is 871 g/mol. The molecular weight excluding hydrogens is 825 g/mol. The van der Waals surface area contributed by atoms with Crippen molar-refractivity contribution in [2.45, 2.75) is 51.2 Å². The van der Waals surface area contributed by atoms with Crippen molar-refractivity contribution in [3.63, 3.8) is 0 Å². The second-order valence-corrected chi connectivity index (χ2v) is 17.7. The fraction of sp³-hybridized carbons (Fsp3) is 0.317. The van der Waals surface area contributed by atoms with Crippen LogP contribution in [0.4, 0.5) is 17.1 Å². The molecule has 61 heavy (non-hydrogen) atoms. The highest BCUT2D eigenvalue weighted by Crippen LogP contribution is 2.30. The van der Waals surface area contributed by atoms with Gasteiger partial charge in [-0.1, -0.05) is 23.4 Å². The van der Waals surface area contributed by atoms with Crippen LogP contribution < -0.4 is 20.5 Å². The van der Waals surface area contributed by atoms with E-state index >= 15 is 0 Å². The zero-order valence-electron chi connectivity index (χ0n) is 33.9. The number of benzene rings is 4. The minimum Gasteiger partial charge on any atom is -0.372 e. The summed E-state index contributed by atoms with van der Waals surface area (Å²) >= 11 is 0. The molecule has 3 aromatic carbocycles. The van der Waals surface area contributed by atoms with E-state index < -0.39 is 37.3 Å². The van der Waals surface area contributed by atoms with Gasteiger partial charge in [-0.05, 0) is 94.3 Å². The van der Waals surface area contributed by atoms with Gasteiger partial charge in [0.05, 0.1) is 58.6 Å². The smallest absolute Gasteiger partial charge is 0.367 e. The van der Waals surface area contributed by atoms with Crippen LogP contribution in [0.1, 0.15) is 39.3 Å². The number of hydrogen-bond acceptors (Lipinski definition) is 12. The average Bonchev–Trinajstić information content (AvgIpc) is 3.68. The van der Waals surface area contributed by atoms with Crippen LogP contribution in [-0.2, 0) is 42.8 Å². The van der Waals surface area contributed by atoms with Crippen LogP contribution in [-0.4, -0.2) is 104 Å². The molecule has 0 atom stereocenters. The lowest BCUT2D eigenvalue weighted by molar-refractivity contribution is -0.132. The summed E-state index contributed by atoms with van der Waals surface area (Å²) in [6.45, 7) is 7.32. The molecule has 0 spiro atoms. The SMILES string of the molecule is CCN(CC)c1ccc2nc3ccc(=[N+]=Nc4ccc(N(CCCc5cn(CCC(=O)NCC(S(=O)(=O)O)S(=O)(=O)O)nn5)CC(C)=O)cc4)cc-3n(-c3ccccc3)c2c1. The topological polar surface area (TPSA) is 236 Å². The molecule has 20 heteroatoms. The first-order valence-electron chi connectivity index (χ1n) is 19.6. The van der Waals surface area contributed by atoms with Gasteiger partial charge < -0.3 is 19.7 Å². The number of fused-ring (bicyclic) bond motifs is 2. The van der Waals surface area contributed by atoms with Gasteiger partial charge in [0.1, 0.15) is 16.6 Å². The second-order valence-electron chi connectivity index (χ2n) is 14.2. The van der Waals surface area contributed by atoms with Crippen molar-refractivity contribution in [3.8, 4) is 17.1 Å². The lowest BCUT2D eigenvalue weighted by Crippen LogP contribution is -2.41. The summed E-state index contributed by atoms with van der Waals surface area (Å²) in [4.78, 5) is 38.2. The number of para-hydroxylation sites is 1. The summed E-state index contributed by atoms with van der Waals surface area (Å²) in [7, 11) is -10.3. The number of amides is 1. The molecule has 1 aromatic heterocycles. The molecule has 3 N–H and O–H groups in total. The van der Waals surface area contributed by atoms with Gasteiger partial charge in [0.25, 0.3) is 20.2 Å². The van der Waals surface area contributed by atoms with E-state index in [1.54, 1.807) is 6.20 Å². The van der Waals surface area contributed by atoms with Crippen LogP contribution >= 0.6 is 0 Å². The van der Waals surface area contributed by atoms with E-state index in [1.807, 2.05) is 65.6 Å². The Hall–Kier alpha value is -6.31. The number of Topliss-reactive ketones (excluding diaryl/α,β-unsaturated/α-hetero) is 1. The molecule has 0 unspecified atom stereocenters. The van der Waals surface area contributed by atoms with E-state index in [-0.39, 0.29) is 25.3 Å². The number of carbonyl (C=O) groups is 2. The molecule has 1 aliphatic carbocycles. The molecule has 0 radical (unpaired) electrons. The van der Waals surface area contributed by atoms with E-state index in [9.17, 15) is 26.4 Å². The normalized spacial score (nSPS) is 11.8. The highest BCUT2D eigenvalue weighted by atomic mass is 32.3. The molecule has 0 saturated heterocycles. The fourth-order valence-corrected chi connectivity index (χ4v) is 8.64. The van der Waals surface area contributed by atoms with Crippen LogP contribution in [0, 0.1) is 0 Å². The van der Waals surface area contributed by atoms with Crippen molar-refractivity contribution in [2.24, 2.45) is 5.11 Å². The predicted molar refractivity (Wildman–Crippen MR) is 229 cm³/mol. The molecule has 0 bridgehead atoms. The summed E-state index contributed by atoms with van der Waals surface area (Å²) in [5.74, 6) is -0.744. The number of anilines is 2. The first-order chi connectivity index (χ1) is 29.1. The van der Waals surface area contributed by atoms with Gasteiger partial charge in [0.15, 0.2) is 0 Å². The summed E-state index contributed by atoms with van der Waals surface area (Å²) in [5.41, 5.74) is 7.79. The molecule has 0 fully saturated rings. The van der Waals surface area contributed by atoms with Gasteiger partial charge in [-0.15, -0.1) is 5.10 Å². The third-order valence-corrected chi connectivity index (χ3v) is 13.0. The molecule has 4 aromatic rings. The molecule has 6 rings (SSSR count). The Labute approximate surface area is 353 Å². The Morgan fingerprint density at radius 3 is 2.26 bits per heavy atom. The molecule has 18 nitrogen and oxygen atoms in total. The van der Waals surface area contributed by atoms with E-state index in [1.165, 1.54) is 11.6 Å². The highest BCUT2D eigenvalue weighted by Gasteiger charge is 2.35. The third-order valence-electron chi connectivity index (χ3n) is 9.84. The van der Waals surface area contributed by atoms with Crippen molar-refractivity contribution >= 4 is 60.0 Å². The van der Waals surface area contributed by atoms with Gasteiger partial charge in [0, 0.05) is 55.4 Å². The Morgan fingerprint density at radius 2 is 1.59 bits per heavy atom. The van der Waals surface area contributed by atoms with E-state index in [0.717, 1.165) is 52.6 Å². The average molecular weight is 872 g/mol. The molecular formula is C41H47N10O8S2+. The van der Waals surface area contributed by atoms with Gasteiger partial charge in [-0.3, -0.25) is 23.4 Å². The maximum absolute atomic E-state index is 12.2. The van der Waals surface area contributed by atoms with Crippen molar-refractivity contribution < 1.29 is 40.3 Å². The molecule has 1 aliphatic heterocycles. The Kier molecular flexibility index (Phi) is 14.1. The Bertz CT molecular complexity index is 2770. The van der Waals surface area contributed by atoms with E-state index in [0.29, 0.717) is 36.1 Å². The lowest BCUT2D eigenvalue weighted by Gasteiger charge is -2.23. The number of carbonyl (C=O) groups excluding carboxylic acids is 2. The molecule has 2 aliphatic rings. The van der Waals surface area contributed by atoms with E-state index in [4.69, 9.17) is 14.1 Å². The van der Waals surface area contributed by atoms with Crippen LogP contribution in [0.15, 0.2) is 102 Å². The second kappa shape index (κ2) is 19.4. The van der Waals surface area contributed by atoms with Gasteiger partial charge in [0.2, 0.25) is 10.5 Å². The number of ketones is 1. The fourth-order valence-electron chi connectivity index (χ4n) is 6.83. The Morgan fingerprint density at radius 1 is 0.885 bits per heavy atom. The van der Waals surface area contributed by atoms with Crippen molar-refractivity contribution in [2.75, 3.05) is 42.5 Å². The van der Waals surface area contributed by atoms with Gasteiger partial charge in [-0.2, -0.15) is 16.8 Å². The summed E-state index contributed by atoms with van der Waals surface area (Å²) < 4.78 is 64.1. The zero-order valence-corrected chi connectivity index (χ0v) is 35.5. The summed E-state index contributed by atoms with van der Waals surface area (Å²) in [6.07, 6.45) is 2.56. The maximum atomic E-state index is 12.2. The van der Waals surface area contributed by atoms with Crippen LogP contribution in [0.2, 0.25) is 0 Å². The number of hydrogen-bond donors (Lipinski definition) is 3. The molecule has 2 heterocycles. The number of nitrogens with one attached hydrogen (secondary N) is 1. The minimum atomic E-state index is -5.17. The summed E-state index contributed by atoms with van der Waals surface area (Å²) in [5, 5.41) is 15.4. The number of aromatic nitrogens is 5. The predicted octanol–water partition coefficient (Wildman–Crippen LogP) is 4.10. The van der Waals surface area contributed by atoms with Crippen LogP contribution in [0.5, 0.6) is 0 Å². The minimum absolute atomic E-state index is 0.0110. The quantitative estimate of drug-likeness (QED) is 0.0451. The molecule has 1 amide bonds. The summed E-state index contributed by atoms with van der Waals surface area (Å²) in [6, 6.07) is 29.8. The van der Waals surface area contributed by atoms with E-state index in [2.05, 4.69) is 79.2 Å². The third kappa shape index (κ3) is 11.5. The van der Waals surface area contributed by atoms with Gasteiger partial charge in [-0.25, -0.2) is 4.98 Å². The lowest BCUT2D eigenvalue weighted by atomic mass is 10.1. The first-order valence-corrected chi connectivity index (χ1v) is 22.6. The largest absolute Gasteiger partial charge is 0.372 e. The Balaban J connectivity index is 1.13. The molecule has 320 valence electrons. The highest BCUT2D eigenvalue weighted by molar-refractivity contribution is 8.04. The van der Waals surface area contributed by atoms with Crippen molar-refractivity contribution in [1.82, 2.24) is 29.9 Å². The van der Waals surface area contributed by atoms with Crippen LogP contribution in [0.3, 0.4) is 0 Å².